The molecule has 1 atom stereocenters. The lowest BCUT2D eigenvalue weighted by Crippen LogP contribution is -2.45. The predicted molar refractivity (Wildman–Crippen MR) is 165 cm³/mol. The third-order valence-electron chi connectivity index (χ3n) is 8.73. The lowest BCUT2D eigenvalue weighted by Gasteiger charge is -2.32. The third kappa shape index (κ3) is 5.74. The average molecular weight is 583 g/mol. The smallest absolute Gasteiger partial charge is 0.249 e. The van der Waals surface area contributed by atoms with Crippen LogP contribution in [-0.2, 0) is 16.1 Å². The van der Waals surface area contributed by atoms with Crippen molar-refractivity contribution in [3.05, 3.63) is 71.5 Å². The van der Waals surface area contributed by atoms with Crippen LogP contribution in [0.15, 0.2) is 59.4 Å². The summed E-state index contributed by atoms with van der Waals surface area (Å²) in [6, 6.07) is 9.00. The van der Waals surface area contributed by atoms with Gasteiger partial charge in [-0.25, -0.2) is 0 Å². The van der Waals surface area contributed by atoms with Crippen molar-refractivity contribution in [3.63, 3.8) is 0 Å². The number of hydrogen-bond acceptors (Lipinski definition) is 9. The number of pyridine rings is 1. The molecule has 0 spiro atoms. The molecule has 5 heterocycles. The first-order chi connectivity index (χ1) is 20.9. The second-order valence-corrected chi connectivity index (χ2v) is 11.9. The molecule has 2 fully saturated rings. The highest BCUT2D eigenvalue weighted by atomic mass is 16.5. The molecule has 1 amide bonds. The summed E-state index contributed by atoms with van der Waals surface area (Å²) in [5, 5.41) is 19.1. The largest absolute Gasteiger partial charge is 0.506 e. The number of ether oxygens (including phenoxy) is 1. The van der Waals surface area contributed by atoms with Gasteiger partial charge < -0.3 is 25.0 Å². The number of carbonyl (C=O) groups excluding carboxylic acids is 1. The van der Waals surface area contributed by atoms with Crippen LogP contribution in [-0.4, -0.2) is 105 Å². The summed E-state index contributed by atoms with van der Waals surface area (Å²) in [6.07, 6.45) is 7.93. The zero-order valence-corrected chi connectivity index (χ0v) is 24.7. The Morgan fingerprint density at radius 2 is 1.98 bits per heavy atom. The zero-order chi connectivity index (χ0) is 29.5. The molecule has 11 nitrogen and oxygen atoms in total. The predicted octanol–water partition coefficient (Wildman–Crippen LogP) is 3.07. The van der Waals surface area contributed by atoms with Crippen molar-refractivity contribution >= 4 is 28.3 Å². The molecule has 4 aliphatic rings. The molecular formula is C32H38N8O3. The molecule has 2 aromatic heterocycles. The normalized spacial score (nSPS) is 20.7. The van der Waals surface area contributed by atoms with Crippen molar-refractivity contribution < 1.29 is 14.6 Å². The second-order valence-electron chi connectivity index (χ2n) is 11.9. The molecule has 0 bridgehead atoms. The van der Waals surface area contributed by atoms with Crippen LogP contribution in [0.5, 0.6) is 5.75 Å². The van der Waals surface area contributed by atoms with Gasteiger partial charge in [0.1, 0.15) is 30.0 Å². The minimum absolute atomic E-state index is 0.103. The summed E-state index contributed by atoms with van der Waals surface area (Å²) in [7, 11) is 2.16. The Bertz CT molecular complexity index is 1630. The maximum Gasteiger partial charge on any atom is 0.249 e. The van der Waals surface area contributed by atoms with Crippen LogP contribution in [0.2, 0.25) is 0 Å². The number of nitrogens with one attached hydrogen (secondary N) is 1. The Morgan fingerprint density at radius 1 is 1.14 bits per heavy atom. The SMILES string of the molecule is Cc1nc(Cn2nc(C3CC3)c3c(NC(=O)C4CN=C5C=C(OCCN6CCN(C)CC6)C=CN54)cccc32)ccc1O. The van der Waals surface area contributed by atoms with Gasteiger partial charge in [0.25, 0.3) is 0 Å². The highest BCUT2D eigenvalue weighted by Gasteiger charge is 2.35. The molecule has 1 aromatic carbocycles. The molecule has 7 rings (SSSR count). The standard InChI is InChI=1S/C32H38N8O3/c1-21-28(41)9-8-23(34-21)20-40-26-5-3-4-25(30(26)31(36-40)22-6-7-22)35-32(42)27-19-33-29-18-24(10-11-39(27)29)43-17-16-38-14-12-37(2)13-15-38/h3-5,8-11,18,22,27,41H,6-7,12-17,19-20H2,1-2H3,(H,35,42). The maximum atomic E-state index is 13.6. The molecule has 2 N–H and O–H groups in total. The van der Waals surface area contributed by atoms with E-state index in [0.29, 0.717) is 31.3 Å². The molecule has 11 heteroatoms. The van der Waals surface area contributed by atoms with Gasteiger partial charge in [0, 0.05) is 56.3 Å². The minimum Gasteiger partial charge on any atom is -0.506 e. The number of amides is 1. The van der Waals surface area contributed by atoms with Crippen LogP contribution in [0.3, 0.4) is 0 Å². The van der Waals surface area contributed by atoms with E-state index < -0.39 is 6.04 Å². The van der Waals surface area contributed by atoms with E-state index in [1.807, 2.05) is 52.2 Å². The fourth-order valence-electron chi connectivity index (χ4n) is 5.99. The van der Waals surface area contributed by atoms with Crippen LogP contribution in [0.25, 0.3) is 10.9 Å². The highest BCUT2D eigenvalue weighted by molar-refractivity contribution is 6.08. The van der Waals surface area contributed by atoms with Crippen LogP contribution in [0.4, 0.5) is 5.69 Å². The summed E-state index contributed by atoms with van der Waals surface area (Å²) >= 11 is 0. The summed E-state index contributed by atoms with van der Waals surface area (Å²) < 4.78 is 8.00. The van der Waals surface area contributed by atoms with Crippen LogP contribution in [0, 0.1) is 6.92 Å². The summed E-state index contributed by atoms with van der Waals surface area (Å²) in [5.41, 5.74) is 4.15. The number of allylic oxidation sites excluding steroid dienone is 1. The van der Waals surface area contributed by atoms with E-state index in [4.69, 9.17) is 9.84 Å². The molecule has 1 aliphatic carbocycles. The van der Waals surface area contributed by atoms with Crippen LogP contribution < -0.4 is 5.32 Å². The Balaban J connectivity index is 1.03. The minimum atomic E-state index is -0.437. The number of aromatic hydroxyl groups is 1. The number of carbonyl (C=O) groups is 1. The van der Waals surface area contributed by atoms with E-state index in [0.717, 1.165) is 85.1 Å². The summed E-state index contributed by atoms with van der Waals surface area (Å²) in [6.45, 7) is 8.49. The lowest BCUT2D eigenvalue weighted by molar-refractivity contribution is -0.118. The van der Waals surface area contributed by atoms with Gasteiger partial charge in [-0.3, -0.25) is 24.4 Å². The number of likely N-dealkylation sites (N-methyl/N-ethyl adjacent to an activating group) is 1. The highest BCUT2D eigenvalue weighted by Crippen LogP contribution is 2.44. The van der Waals surface area contributed by atoms with E-state index in [9.17, 15) is 9.90 Å². The van der Waals surface area contributed by atoms with Gasteiger partial charge in [-0.05, 0) is 57.2 Å². The molecule has 1 unspecified atom stereocenters. The fourth-order valence-corrected chi connectivity index (χ4v) is 5.99. The van der Waals surface area contributed by atoms with Crippen LogP contribution in [0.1, 0.15) is 35.8 Å². The molecule has 1 saturated carbocycles. The number of fused-ring (bicyclic) bond motifs is 2. The Morgan fingerprint density at radius 3 is 2.77 bits per heavy atom. The third-order valence-corrected chi connectivity index (χ3v) is 8.73. The van der Waals surface area contributed by atoms with E-state index >= 15 is 0 Å². The first-order valence-electron chi connectivity index (χ1n) is 15.1. The van der Waals surface area contributed by atoms with Gasteiger partial charge in [-0.1, -0.05) is 6.07 Å². The monoisotopic (exact) mass is 582 g/mol. The first-order valence-corrected chi connectivity index (χ1v) is 15.1. The molecule has 43 heavy (non-hydrogen) atoms. The van der Waals surface area contributed by atoms with Gasteiger partial charge in [0.15, 0.2) is 0 Å². The Kier molecular flexibility index (Phi) is 7.36. The summed E-state index contributed by atoms with van der Waals surface area (Å²) in [5.74, 6) is 1.99. The van der Waals surface area contributed by atoms with Crippen molar-refractivity contribution in [1.82, 2.24) is 29.5 Å². The van der Waals surface area contributed by atoms with E-state index in [1.165, 1.54) is 0 Å². The van der Waals surface area contributed by atoms with Crippen molar-refractivity contribution in [3.8, 4) is 5.75 Å². The molecule has 3 aromatic rings. The van der Waals surface area contributed by atoms with Crippen molar-refractivity contribution in [1.29, 1.82) is 0 Å². The molecule has 224 valence electrons. The number of hydrogen-bond donors (Lipinski definition) is 2. The number of aryl methyl sites for hydroxylation is 1. The maximum absolute atomic E-state index is 13.6. The van der Waals surface area contributed by atoms with E-state index in [1.54, 1.807) is 13.0 Å². The molecule has 0 radical (unpaired) electrons. The average Bonchev–Trinajstić information content (AvgIpc) is 3.66. The Labute approximate surface area is 251 Å². The lowest BCUT2D eigenvalue weighted by atomic mass is 10.1. The second kappa shape index (κ2) is 11.5. The number of benzene rings is 1. The van der Waals surface area contributed by atoms with E-state index in [2.05, 4.69) is 32.1 Å². The topological polar surface area (TPSA) is 111 Å². The van der Waals surface area contributed by atoms with Crippen molar-refractivity contribution in [2.24, 2.45) is 4.99 Å². The molecule has 3 aliphatic heterocycles. The van der Waals surface area contributed by atoms with Gasteiger partial charge >= 0.3 is 0 Å². The fraction of sp³-hybridized carbons (Fsp3) is 0.438. The Hall–Kier alpha value is -4.22. The number of nitrogens with zero attached hydrogens (tertiary/aromatic N) is 7. The van der Waals surface area contributed by atoms with Gasteiger partial charge in [-0.2, -0.15) is 5.10 Å². The first kappa shape index (κ1) is 27.6. The number of aromatic nitrogens is 3. The number of rotatable bonds is 9. The molecular weight excluding hydrogens is 544 g/mol. The van der Waals surface area contributed by atoms with Gasteiger partial charge in [0.2, 0.25) is 5.91 Å². The van der Waals surface area contributed by atoms with Crippen molar-refractivity contribution in [2.45, 2.75) is 38.3 Å². The van der Waals surface area contributed by atoms with Gasteiger partial charge in [-0.15, -0.1) is 0 Å². The van der Waals surface area contributed by atoms with Crippen molar-refractivity contribution in [2.75, 3.05) is 58.2 Å². The zero-order valence-electron chi connectivity index (χ0n) is 24.7. The van der Waals surface area contributed by atoms with Gasteiger partial charge in [0.05, 0.1) is 41.4 Å². The van der Waals surface area contributed by atoms with E-state index in [-0.39, 0.29) is 11.7 Å². The quantitative estimate of drug-likeness (QED) is 0.396. The number of piperazine rings is 1. The number of anilines is 1. The molecule has 1 saturated heterocycles. The number of amidine groups is 1. The summed E-state index contributed by atoms with van der Waals surface area (Å²) in [4.78, 5) is 29.5. The number of aliphatic imine (C=N–C) groups is 1. The van der Waals surface area contributed by atoms with Crippen LogP contribution >= 0.6 is 0 Å².